The van der Waals surface area contributed by atoms with Crippen molar-refractivity contribution in [2.75, 3.05) is 0 Å². The van der Waals surface area contributed by atoms with E-state index in [1.807, 2.05) is 66.7 Å². The lowest BCUT2D eigenvalue weighted by Crippen LogP contribution is -1.78. The number of aromatic hydroxyl groups is 1. The van der Waals surface area contributed by atoms with Crippen LogP contribution in [0.3, 0.4) is 0 Å². The molecule has 0 radical (unpaired) electrons. The van der Waals surface area contributed by atoms with Crippen LogP contribution in [0.4, 0.5) is 11.5 Å². The van der Waals surface area contributed by atoms with E-state index in [0.29, 0.717) is 11.5 Å². The molecule has 0 atom stereocenters. The van der Waals surface area contributed by atoms with Gasteiger partial charge in [-0.3, -0.25) is 0 Å². The van der Waals surface area contributed by atoms with Crippen molar-refractivity contribution in [3.05, 3.63) is 72.8 Å². The predicted octanol–water partition coefficient (Wildman–Crippen LogP) is 5.51. The number of pyridine rings is 1. The van der Waals surface area contributed by atoms with Crippen molar-refractivity contribution in [1.82, 2.24) is 4.98 Å². The maximum absolute atomic E-state index is 10.1. The topological polar surface area (TPSA) is 57.8 Å². The first-order valence-electron chi connectivity index (χ1n) is 7.29. The zero-order chi connectivity index (χ0) is 15.6. The van der Waals surface area contributed by atoms with Gasteiger partial charge in [0.15, 0.2) is 5.82 Å². The fourth-order valence-corrected chi connectivity index (χ4v) is 2.56. The smallest absolute Gasteiger partial charge is 0.174 e. The van der Waals surface area contributed by atoms with E-state index in [0.717, 1.165) is 21.7 Å². The third-order valence-electron chi connectivity index (χ3n) is 3.72. The number of phenols is 1. The molecule has 4 nitrogen and oxygen atoms in total. The van der Waals surface area contributed by atoms with E-state index in [1.54, 1.807) is 6.07 Å². The van der Waals surface area contributed by atoms with Gasteiger partial charge < -0.3 is 5.11 Å². The van der Waals surface area contributed by atoms with Crippen molar-refractivity contribution < 1.29 is 5.11 Å². The molecule has 0 saturated heterocycles. The first-order valence-corrected chi connectivity index (χ1v) is 7.29. The highest BCUT2D eigenvalue weighted by Gasteiger charge is 2.06. The SMILES string of the molecule is Oc1ccc2ccccc2c1N=Nc1ccc2ccccc2n1. The molecule has 110 valence electrons. The summed E-state index contributed by atoms with van der Waals surface area (Å²) in [5.41, 5.74) is 1.32. The first kappa shape index (κ1) is 13.4. The average Bonchev–Trinajstić information content (AvgIpc) is 2.61. The molecule has 0 unspecified atom stereocenters. The minimum atomic E-state index is 0.105. The van der Waals surface area contributed by atoms with Crippen LogP contribution in [0.15, 0.2) is 83.0 Å². The van der Waals surface area contributed by atoms with Crippen molar-refractivity contribution in [1.29, 1.82) is 0 Å². The minimum absolute atomic E-state index is 0.105. The largest absolute Gasteiger partial charge is 0.506 e. The van der Waals surface area contributed by atoms with Gasteiger partial charge in [0.2, 0.25) is 0 Å². The molecule has 3 aromatic carbocycles. The summed E-state index contributed by atoms with van der Waals surface area (Å²) in [6.07, 6.45) is 0. The lowest BCUT2D eigenvalue weighted by molar-refractivity contribution is 0.477. The second kappa shape index (κ2) is 5.50. The summed E-state index contributed by atoms with van der Waals surface area (Å²) in [4.78, 5) is 4.46. The molecule has 0 spiro atoms. The number of phenolic OH excluding ortho intramolecular Hbond substituents is 1. The molecule has 0 aliphatic carbocycles. The van der Waals surface area contributed by atoms with Crippen LogP contribution in [0.25, 0.3) is 21.7 Å². The fraction of sp³-hybridized carbons (Fsp3) is 0. The number of rotatable bonds is 2. The summed E-state index contributed by atoms with van der Waals surface area (Å²) >= 11 is 0. The molecule has 0 amide bonds. The highest BCUT2D eigenvalue weighted by Crippen LogP contribution is 2.35. The number of nitrogens with zero attached hydrogens (tertiary/aromatic N) is 3. The molecular weight excluding hydrogens is 286 g/mol. The van der Waals surface area contributed by atoms with Gasteiger partial charge in [-0.25, -0.2) is 4.98 Å². The summed E-state index contributed by atoms with van der Waals surface area (Å²) < 4.78 is 0. The number of benzene rings is 3. The van der Waals surface area contributed by atoms with Crippen LogP contribution in [-0.2, 0) is 0 Å². The van der Waals surface area contributed by atoms with E-state index in [-0.39, 0.29) is 5.75 Å². The van der Waals surface area contributed by atoms with Gasteiger partial charge in [-0.05, 0) is 29.7 Å². The summed E-state index contributed by atoms with van der Waals surface area (Å²) in [5.74, 6) is 0.615. The monoisotopic (exact) mass is 299 g/mol. The Hall–Kier alpha value is -3.27. The summed E-state index contributed by atoms with van der Waals surface area (Å²) in [5, 5.41) is 21.4. The van der Waals surface area contributed by atoms with Gasteiger partial charge >= 0.3 is 0 Å². The van der Waals surface area contributed by atoms with Crippen LogP contribution >= 0.6 is 0 Å². The molecule has 23 heavy (non-hydrogen) atoms. The second-order valence-corrected chi connectivity index (χ2v) is 5.22. The third-order valence-corrected chi connectivity index (χ3v) is 3.72. The standard InChI is InChI=1S/C19H13N3O/c23-17-11-9-13-5-1-3-7-15(13)19(17)22-21-18-12-10-14-6-2-4-8-16(14)20-18/h1-12,23H. The molecule has 1 heterocycles. The number of aromatic nitrogens is 1. The molecule has 4 aromatic rings. The molecule has 4 rings (SSSR count). The molecule has 0 aliphatic rings. The zero-order valence-corrected chi connectivity index (χ0v) is 12.2. The van der Waals surface area contributed by atoms with Crippen molar-refractivity contribution in [3.8, 4) is 5.75 Å². The van der Waals surface area contributed by atoms with Gasteiger partial charge in [0, 0.05) is 10.8 Å². The zero-order valence-electron chi connectivity index (χ0n) is 12.2. The van der Waals surface area contributed by atoms with Crippen LogP contribution in [0.5, 0.6) is 5.75 Å². The number of fused-ring (bicyclic) bond motifs is 2. The quantitative estimate of drug-likeness (QED) is 0.496. The Labute approximate surface area is 132 Å². The maximum Gasteiger partial charge on any atom is 0.174 e. The summed E-state index contributed by atoms with van der Waals surface area (Å²) in [6, 6.07) is 22.9. The number of azo groups is 1. The highest BCUT2D eigenvalue weighted by atomic mass is 16.3. The Morgan fingerprint density at radius 1 is 0.696 bits per heavy atom. The van der Waals surface area contributed by atoms with Crippen molar-refractivity contribution >= 4 is 33.2 Å². The molecule has 1 N–H and O–H groups in total. The Kier molecular flexibility index (Phi) is 3.20. The van der Waals surface area contributed by atoms with Crippen LogP contribution in [0.1, 0.15) is 0 Å². The van der Waals surface area contributed by atoms with Gasteiger partial charge in [-0.1, -0.05) is 48.5 Å². The van der Waals surface area contributed by atoms with Crippen molar-refractivity contribution in [2.24, 2.45) is 10.2 Å². The van der Waals surface area contributed by atoms with Gasteiger partial charge in [-0.2, -0.15) is 0 Å². The second-order valence-electron chi connectivity index (χ2n) is 5.22. The Bertz CT molecular complexity index is 1040. The van der Waals surface area contributed by atoms with E-state index in [4.69, 9.17) is 0 Å². The van der Waals surface area contributed by atoms with E-state index in [2.05, 4.69) is 15.2 Å². The van der Waals surface area contributed by atoms with Crippen molar-refractivity contribution in [2.45, 2.75) is 0 Å². The Balaban J connectivity index is 1.79. The summed E-state index contributed by atoms with van der Waals surface area (Å²) in [7, 11) is 0. The molecule has 1 aromatic heterocycles. The number of hydrogen-bond acceptors (Lipinski definition) is 4. The van der Waals surface area contributed by atoms with Crippen LogP contribution in [0, 0.1) is 0 Å². The molecule has 0 aliphatic heterocycles. The van der Waals surface area contributed by atoms with Crippen LogP contribution < -0.4 is 0 Å². The Morgan fingerprint density at radius 3 is 2.35 bits per heavy atom. The molecule has 0 saturated carbocycles. The van der Waals surface area contributed by atoms with E-state index in [9.17, 15) is 5.11 Å². The molecule has 4 heteroatoms. The molecule has 0 bridgehead atoms. The lowest BCUT2D eigenvalue weighted by Gasteiger charge is -2.03. The predicted molar refractivity (Wildman–Crippen MR) is 91.5 cm³/mol. The van der Waals surface area contributed by atoms with E-state index in [1.165, 1.54) is 0 Å². The third kappa shape index (κ3) is 2.51. The van der Waals surface area contributed by atoms with Gasteiger partial charge in [-0.15, -0.1) is 10.2 Å². The normalized spacial score (nSPS) is 11.5. The first-order chi connectivity index (χ1) is 11.3. The van der Waals surface area contributed by atoms with Crippen molar-refractivity contribution in [3.63, 3.8) is 0 Å². The molecule has 0 fully saturated rings. The van der Waals surface area contributed by atoms with E-state index < -0.39 is 0 Å². The number of hydrogen-bond donors (Lipinski definition) is 1. The summed E-state index contributed by atoms with van der Waals surface area (Å²) in [6.45, 7) is 0. The van der Waals surface area contributed by atoms with Gasteiger partial charge in [0.1, 0.15) is 11.4 Å². The maximum atomic E-state index is 10.1. The molecular formula is C19H13N3O. The highest BCUT2D eigenvalue weighted by molar-refractivity contribution is 5.95. The van der Waals surface area contributed by atoms with Crippen LogP contribution in [0.2, 0.25) is 0 Å². The fourth-order valence-electron chi connectivity index (χ4n) is 2.56. The van der Waals surface area contributed by atoms with Gasteiger partial charge in [0.25, 0.3) is 0 Å². The lowest BCUT2D eigenvalue weighted by atomic mass is 10.1. The average molecular weight is 299 g/mol. The van der Waals surface area contributed by atoms with E-state index >= 15 is 0 Å². The van der Waals surface area contributed by atoms with Gasteiger partial charge in [0.05, 0.1) is 5.52 Å². The number of para-hydroxylation sites is 1. The van der Waals surface area contributed by atoms with Crippen LogP contribution in [-0.4, -0.2) is 10.1 Å². The Morgan fingerprint density at radius 2 is 1.43 bits per heavy atom. The minimum Gasteiger partial charge on any atom is -0.506 e.